The van der Waals surface area contributed by atoms with Crippen molar-refractivity contribution in [3.8, 4) is 5.75 Å². The van der Waals surface area contributed by atoms with Crippen molar-refractivity contribution in [1.82, 2.24) is 0 Å². The van der Waals surface area contributed by atoms with Crippen molar-refractivity contribution in [3.63, 3.8) is 0 Å². The van der Waals surface area contributed by atoms with Gasteiger partial charge in [-0.1, -0.05) is 32.9 Å². The molecule has 0 saturated heterocycles. The van der Waals surface area contributed by atoms with E-state index < -0.39 is 0 Å². The zero-order chi connectivity index (χ0) is 13.8. The zero-order valence-corrected chi connectivity index (χ0v) is 12.4. The molecular weight excluding hydrogens is 234 g/mol. The first kappa shape index (κ1) is 14.4. The van der Waals surface area contributed by atoms with E-state index in [-0.39, 0.29) is 12.1 Å². The number of hydrogen-bond donors (Lipinski definition) is 1. The third-order valence-corrected chi connectivity index (χ3v) is 4.42. The maximum absolute atomic E-state index is 6.23. The first-order chi connectivity index (χ1) is 9.10. The Bertz CT molecular complexity index is 402. The average molecular weight is 261 g/mol. The summed E-state index contributed by atoms with van der Waals surface area (Å²) in [6.07, 6.45) is 4.64. The lowest BCUT2D eigenvalue weighted by Crippen LogP contribution is -2.44. The smallest absolute Gasteiger partial charge is 0.120 e. The lowest BCUT2D eigenvalue weighted by Gasteiger charge is -2.36. The van der Waals surface area contributed by atoms with Crippen molar-refractivity contribution in [1.29, 1.82) is 0 Å². The summed E-state index contributed by atoms with van der Waals surface area (Å²) in [5.41, 5.74) is 7.56. The van der Waals surface area contributed by atoms with Gasteiger partial charge in [0.1, 0.15) is 11.9 Å². The van der Waals surface area contributed by atoms with E-state index in [9.17, 15) is 0 Å². The lowest BCUT2D eigenvalue weighted by atomic mass is 9.78. The van der Waals surface area contributed by atoms with E-state index in [1.165, 1.54) is 12.0 Å². The van der Waals surface area contributed by atoms with Crippen LogP contribution in [0.2, 0.25) is 0 Å². The average Bonchev–Trinajstić information content (AvgIpc) is 2.41. The fraction of sp³-hybridized carbons (Fsp3) is 0.647. The molecule has 1 aromatic carbocycles. The molecule has 0 spiro atoms. The van der Waals surface area contributed by atoms with Gasteiger partial charge in [-0.05, 0) is 55.2 Å². The molecule has 0 heterocycles. The van der Waals surface area contributed by atoms with E-state index >= 15 is 0 Å². The van der Waals surface area contributed by atoms with Crippen LogP contribution in [0.3, 0.4) is 0 Å². The second kappa shape index (κ2) is 6.42. The van der Waals surface area contributed by atoms with Gasteiger partial charge >= 0.3 is 0 Å². The van der Waals surface area contributed by atoms with E-state index in [1.807, 2.05) is 6.07 Å². The van der Waals surface area contributed by atoms with Crippen molar-refractivity contribution in [3.05, 3.63) is 29.8 Å². The molecule has 2 N–H and O–H groups in total. The number of nitrogens with two attached hydrogens (primary N) is 1. The second-order valence-electron chi connectivity index (χ2n) is 6.14. The van der Waals surface area contributed by atoms with Crippen molar-refractivity contribution in [2.75, 3.05) is 0 Å². The summed E-state index contributed by atoms with van der Waals surface area (Å²) in [6, 6.07) is 8.59. The Kier molecular flexibility index (Phi) is 4.87. The molecule has 3 unspecified atom stereocenters. The lowest BCUT2D eigenvalue weighted by molar-refractivity contribution is 0.0867. The van der Waals surface area contributed by atoms with Crippen LogP contribution in [0.5, 0.6) is 5.75 Å². The van der Waals surface area contributed by atoms with E-state index in [4.69, 9.17) is 10.5 Å². The fourth-order valence-electron chi connectivity index (χ4n) is 2.94. The molecule has 1 aromatic rings. The van der Waals surface area contributed by atoms with E-state index in [1.54, 1.807) is 0 Å². The summed E-state index contributed by atoms with van der Waals surface area (Å²) in [4.78, 5) is 0. The van der Waals surface area contributed by atoms with Crippen molar-refractivity contribution >= 4 is 0 Å². The summed E-state index contributed by atoms with van der Waals surface area (Å²) < 4.78 is 6.17. The molecule has 2 heteroatoms. The topological polar surface area (TPSA) is 35.2 Å². The van der Waals surface area contributed by atoms with Crippen LogP contribution in [0, 0.1) is 11.8 Å². The molecule has 0 aliphatic heterocycles. The normalized spacial score (nSPS) is 27.5. The highest BCUT2D eigenvalue weighted by Crippen LogP contribution is 2.32. The first-order valence-corrected chi connectivity index (χ1v) is 7.61. The van der Waals surface area contributed by atoms with Crippen LogP contribution in [-0.2, 0) is 6.42 Å². The third-order valence-electron chi connectivity index (χ3n) is 4.42. The molecule has 1 saturated carbocycles. The largest absolute Gasteiger partial charge is 0.489 e. The van der Waals surface area contributed by atoms with E-state index in [0.29, 0.717) is 0 Å². The summed E-state index contributed by atoms with van der Waals surface area (Å²) in [5, 5.41) is 0. The Morgan fingerprint density at radius 3 is 2.79 bits per heavy atom. The Hall–Kier alpha value is -1.02. The molecule has 2 rings (SSSR count). The highest BCUT2D eigenvalue weighted by molar-refractivity contribution is 5.28. The standard InChI is InChI=1S/C17H27NO/c1-4-13-6-5-7-15(10-13)19-17-11-14(12(2)3)8-9-16(17)18/h5-7,10,12,14,16-17H,4,8-9,11,18H2,1-3H3. The van der Waals surface area contributed by atoms with Gasteiger partial charge in [0.05, 0.1) is 0 Å². The number of ether oxygens (including phenoxy) is 1. The Morgan fingerprint density at radius 1 is 1.32 bits per heavy atom. The Morgan fingerprint density at radius 2 is 2.11 bits per heavy atom. The van der Waals surface area contributed by atoms with Crippen LogP contribution < -0.4 is 10.5 Å². The molecule has 0 amide bonds. The Labute approximate surface area is 117 Å². The van der Waals surface area contributed by atoms with Gasteiger partial charge in [-0.3, -0.25) is 0 Å². The molecule has 19 heavy (non-hydrogen) atoms. The molecule has 3 atom stereocenters. The van der Waals surface area contributed by atoms with Crippen LogP contribution in [-0.4, -0.2) is 12.1 Å². The number of benzene rings is 1. The van der Waals surface area contributed by atoms with Gasteiger partial charge < -0.3 is 10.5 Å². The summed E-state index contributed by atoms with van der Waals surface area (Å²) in [5.74, 6) is 2.45. The molecule has 1 aliphatic rings. The van der Waals surface area contributed by atoms with Crippen molar-refractivity contribution in [2.24, 2.45) is 17.6 Å². The first-order valence-electron chi connectivity index (χ1n) is 7.61. The molecule has 0 radical (unpaired) electrons. The zero-order valence-electron chi connectivity index (χ0n) is 12.4. The van der Waals surface area contributed by atoms with Gasteiger partial charge in [0, 0.05) is 6.04 Å². The quantitative estimate of drug-likeness (QED) is 0.895. The fourth-order valence-corrected chi connectivity index (χ4v) is 2.94. The Balaban J connectivity index is 2.03. The molecule has 2 nitrogen and oxygen atoms in total. The molecule has 0 bridgehead atoms. The van der Waals surface area contributed by atoms with Gasteiger partial charge in [-0.25, -0.2) is 0 Å². The van der Waals surface area contributed by atoms with Crippen molar-refractivity contribution < 1.29 is 4.74 Å². The highest BCUT2D eigenvalue weighted by atomic mass is 16.5. The minimum atomic E-state index is 0.174. The van der Waals surface area contributed by atoms with Crippen LogP contribution >= 0.6 is 0 Å². The predicted molar refractivity (Wildman–Crippen MR) is 80.4 cm³/mol. The second-order valence-corrected chi connectivity index (χ2v) is 6.14. The minimum absolute atomic E-state index is 0.174. The molecular formula is C17H27NO. The van der Waals surface area contributed by atoms with Gasteiger partial charge in [0.15, 0.2) is 0 Å². The maximum Gasteiger partial charge on any atom is 0.120 e. The van der Waals surface area contributed by atoms with Crippen LogP contribution in [0.25, 0.3) is 0 Å². The van der Waals surface area contributed by atoms with Crippen LogP contribution in [0.1, 0.15) is 45.6 Å². The van der Waals surface area contributed by atoms with Gasteiger partial charge in [0.2, 0.25) is 0 Å². The minimum Gasteiger partial charge on any atom is -0.489 e. The number of hydrogen-bond acceptors (Lipinski definition) is 2. The SMILES string of the molecule is CCc1cccc(OC2CC(C(C)C)CCC2N)c1. The molecule has 0 aromatic heterocycles. The van der Waals surface area contributed by atoms with Crippen LogP contribution in [0.4, 0.5) is 0 Å². The van der Waals surface area contributed by atoms with Crippen LogP contribution in [0.15, 0.2) is 24.3 Å². The summed E-state index contributed by atoms with van der Waals surface area (Å²) >= 11 is 0. The molecule has 1 aliphatic carbocycles. The van der Waals surface area contributed by atoms with Crippen molar-refractivity contribution in [2.45, 2.75) is 58.6 Å². The van der Waals surface area contributed by atoms with E-state index in [0.717, 1.165) is 36.8 Å². The monoisotopic (exact) mass is 261 g/mol. The molecule has 1 fully saturated rings. The number of rotatable bonds is 4. The predicted octanol–water partition coefficient (Wildman–Crippen LogP) is 3.78. The van der Waals surface area contributed by atoms with Gasteiger partial charge in [-0.2, -0.15) is 0 Å². The molecule has 106 valence electrons. The van der Waals surface area contributed by atoms with E-state index in [2.05, 4.69) is 39.0 Å². The third kappa shape index (κ3) is 3.73. The van der Waals surface area contributed by atoms with Gasteiger partial charge in [-0.15, -0.1) is 0 Å². The summed E-state index contributed by atoms with van der Waals surface area (Å²) in [7, 11) is 0. The highest BCUT2D eigenvalue weighted by Gasteiger charge is 2.31. The maximum atomic E-state index is 6.23. The number of aryl methyl sites for hydroxylation is 1. The van der Waals surface area contributed by atoms with Gasteiger partial charge in [0.25, 0.3) is 0 Å². The summed E-state index contributed by atoms with van der Waals surface area (Å²) in [6.45, 7) is 6.77.